The fraction of sp³-hybridized carbons (Fsp3) is 0.538. The van der Waals surface area contributed by atoms with Crippen LogP contribution in [0.3, 0.4) is 0 Å². The fourth-order valence-corrected chi connectivity index (χ4v) is 2.05. The molecule has 1 unspecified atom stereocenters. The molecular formula is C13H19N3O. The molecule has 0 bridgehead atoms. The van der Waals surface area contributed by atoms with Crippen LogP contribution in [-0.4, -0.2) is 23.0 Å². The van der Waals surface area contributed by atoms with Gasteiger partial charge in [0.25, 0.3) is 0 Å². The average Bonchev–Trinajstić information content (AvgIpc) is 2.33. The van der Waals surface area contributed by atoms with Gasteiger partial charge in [0.1, 0.15) is 5.82 Å². The maximum absolute atomic E-state index is 12.2. The summed E-state index contributed by atoms with van der Waals surface area (Å²) in [5.74, 6) is 0.628. The molecular weight excluding hydrogens is 214 g/mol. The first-order valence-corrected chi connectivity index (χ1v) is 6.09. The number of pyridine rings is 1. The molecule has 0 saturated carbocycles. The van der Waals surface area contributed by atoms with Gasteiger partial charge in [-0.2, -0.15) is 0 Å². The normalized spacial score (nSPS) is 24.4. The second-order valence-corrected chi connectivity index (χ2v) is 4.89. The average molecular weight is 233 g/mol. The van der Waals surface area contributed by atoms with Crippen molar-refractivity contribution in [1.29, 1.82) is 0 Å². The van der Waals surface area contributed by atoms with E-state index in [0.29, 0.717) is 5.82 Å². The quantitative estimate of drug-likeness (QED) is 0.819. The van der Waals surface area contributed by atoms with Gasteiger partial charge in [-0.15, -0.1) is 0 Å². The van der Waals surface area contributed by atoms with Crippen LogP contribution in [0.5, 0.6) is 0 Å². The highest BCUT2D eigenvalue weighted by Gasteiger charge is 2.34. The van der Waals surface area contributed by atoms with Crippen molar-refractivity contribution in [2.45, 2.75) is 38.6 Å². The first-order valence-electron chi connectivity index (χ1n) is 6.09. The Morgan fingerprint density at radius 3 is 2.88 bits per heavy atom. The minimum absolute atomic E-state index is 0.00792. The van der Waals surface area contributed by atoms with Crippen molar-refractivity contribution in [2.75, 3.05) is 11.9 Å². The zero-order valence-corrected chi connectivity index (χ0v) is 10.4. The number of nitrogens with one attached hydrogen (secondary N) is 2. The standard InChI is InChI=1S/C13H19N3O/c1-10-5-6-11(14-9-10)16-12(17)13(2)7-3-4-8-15-13/h5-6,9,15H,3-4,7-8H2,1-2H3,(H,14,16,17). The van der Waals surface area contributed by atoms with Crippen LogP contribution in [0.4, 0.5) is 5.82 Å². The summed E-state index contributed by atoms with van der Waals surface area (Å²) in [6, 6.07) is 3.78. The molecule has 0 radical (unpaired) electrons. The highest BCUT2D eigenvalue weighted by Crippen LogP contribution is 2.20. The smallest absolute Gasteiger partial charge is 0.245 e. The zero-order chi connectivity index (χ0) is 12.3. The lowest BCUT2D eigenvalue weighted by atomic mass is 9.90. The maximum Gasteiger partial charge on any atom is 0.245 e. The highest BCUT2D eigenvalue weighted by molar-refractivity contribution is 5.97. The molecule has 4 nitrogen and oxygen atoms in total. The number of rotatable bonds is 2. The summed E-state index contributed by atoms with van der Waals surface area (Å²) in [6.45, 7) is 4.84. The molecule has 1 aromatic rings. The van der Waals surface area contributed by atoms with Crippen molar-refractivity contribution in [1.82, 2.24) is 10.3 Å². The van der Waals surface area contributed by atoms with Crippen molar-refractivity contribution < 1.29 is 4.79 Å². The molecule has 1 saturated heterocycles. The van der Waals surface area contributed by atoms with Gasteiger partial charge < -0.3 is 10.6 Å². The lowest BCUT2D eigenvalue weighted by Crippen LogP contribution is -2.54. The Balaban J connectivity index is 2.03. The fourth-order valence-electron chi connectivity index (χ4n) is 2.05. The summed E-state index contributed by atoms with van der Waals surface area (Å²) in [5.41, 5.74) is 0.634. The van der Waals surface area contributed by atoms with Gasteiger partial charge in [0.05, 0.1) is 5.54 Å². The largest absolute Gasteiger partial charge is 0.309 e. The molecule has 1 aliphatic heterocycles. The summed E-state index contributed by atoms with van der Waals surface area (Å²) in [6.07, 6.45) is 4.88. The topological polar surface area (TPSA) is 54.0 Å². The summed E-state index contributed by atoms with van der Waals surface area (Å²) in [5, 5.41) is 6.15. The van der Waals surface area contributed by atoms with Gasteiger partial charge >= 0.3 is 0 Å². The number of nitrogens with zero attached hydrogens (tertiary/aromatic N) is 1. The number of carbonyl (C=O) groups excluding carboxylic acids is 1. The van der Waals surface area contributed by atoms with Crippen LogP contribution in [0.2, 0.25) is 0 Å². The van der Waals surface area contributed by atoms with Gasteiger partial charge in [-0.25, -0.2) is 4.98 Å². The molecule has 2 N–H and O–H groups in total. The third-order valence-electron chi connectivity index (χ3n) is 3.27. The van der Waals surface area contributed by atoms with E-state index in [4.69, 9.17) is 0 Å². The Morgan fingerprint density at radius 2 is 2.29 bits per heavy atom. The van der Waals surface area contributed by atoms with Crippen molar-refractivity contribution in [3.63, 3.8) is 0 Å². The summed E-state index contributed by atoms with van der Waals surface area (Å²) < 4.78 is 0. The Hall–Kier alpha value is -1.42. The molecule has 1 aliphatic rings. The van der Waals surface area contributed by atoms with E-state index in [1.165, 1.54) is 0 Å². The Labute approximate surface area is 102 Å². The van der Waals surface area contributed by atoms with Crippen molar-refractivity contribution in [3.8, 4) is 0 Å². The van der Waals surface area contributed by atoms with Crippen molar-refractivity contribution in [3.05, 3.63) is 23.9 Å². The second kappa shape index (κ2) is 4.84. The zero-order valence-electron chi connectivity index (χ0n) is 10.4. The molecule has 1 aromatic heterocycles. The molecule has 17 heavy (non-hydrogen) atoms. The predicted octanol–water partition coefficient (Wildman–Crippen LogP) is 1.86. The number of hydrogen-bond acceptors (Lipinski definition) is 3. The van der Waals surface area contributed by atoms with E-state index in [1.54, 1.807) is 6.20 Å². The summed E-state index contributed by atoms with van der Waals surface area (Å²) in [7, 11) is 0. The Kier molecular flexibility index (Phi) is 3.43. The van der Waals surface area contributed by atoms with Gasteiger partial charge in [0, 0.05) is 6.20 Å². The number of hydrogen-bond donors (Lipinski definition) is 2. The van der Waals surface area contributed by atoms with Crippen LogP contribution in [0.1, 0.15) is 31.7 Å². The highest BCUT2D eigenvalue weighted by atomic mass is 16.2. The van der Waals surface area contributed by atoms with E-state index in [0.717, 1.165) is 31.4 Å². The lowest BCUT2D eigenvalue weighted by Gasteiger charge is -2.33. The van der Waals surface area contributed by atoms with Crippen LogP contribution in [0.15, 0.2) is 18.3 Å². The van der Waals surface area contributed by atoms with Crippen molar-refractivity contribution in [2.24, 2.45) is 0 Å². The van der Waals surface area contributed by atoms with Crippen LogP contribution in [0.25, 0.3) is 0 Å². The summed E-state index contributed by atoms with van der Waals surface area (Å²) in [4.78, 5) is 16.3. The van der Waals surface area contributed by atoms with Gasteiger partial charge in [0.15, 0.2) is 0 Å². The molecule has 1 fully saturated rings. The molecule has 0 aliphatic carbocycles. The number of aromatic nitrogens is 1. The van der Waals surface area contributed by atoms with Crippen LogP contribution in [-0.2, 0) is 4.79 Å². The molecule has 4 heteroatoms. The molecule has 1 atom stereocenters. The summed E-state index contributed by atoms with van der Waals surface area (Å²) >= 11 is 0. The molecule has 92 valence electrons. The number of amides is 1. The minimum atomic E-state index is -0.454. The predicted molar refractivity (Wildman–Crippen MR) is 67.9 cm³/mol. The van der Waals surface area contributed by atoms with E-state index in [9.17, 15) is 4.79 Å². The molecule has 2 heterocycles. The molecule has 0 aromatic carbocycles. The van der Waals surface area contributed by atoms with Gasteiger partial charge in [-0.1, -0.05) is 6.07 Å². The van der Waals surface area contributed by atoms with E-state index in [1.807, 2.05) is 26.0 Å². The SMILES string of the molecule is Cc1ccc(NC(=O)C2(C)CCCCN2)nc1. The van der Waals surface area contributed by atoms with Gasteiger partial charge in [-0.05, 0) is 51.3 Å². The first-order chi connectivity index (χ1) is 8.10. The van der Waals surface area contributed by atoms with E-state index in [2.05, 4.69) is 15.6 Å². The molecule has 2 rings (SSSR count). The molecule has 0 spiro atoms. The van der Waals surface area contributed by atoms with Crippen LogP contribution >= 0.6 is 0 Å². The molecule has 1 amide bonds. The van der Waals surface area contributed by atoms with Crippen LogP contribution in [0, 0.1) is 6.92 Å². The van der Waals surface area contributed by atoms with Gasteiger partial charge in [-0.3, -0.25) is 4.79 Å². The van der Waals surface area contributed by atoms with Gasteiger partial charge in [0.2, 0.25) is 5.91 Å². The van der Waals surface area contributed by atoms with Crippen molar-refractivity contribution >= 4 is 11.7 Å². The number of aryl methyl sites for hydroxylation is 1. The monoisotopic (exact) mass is 233 g/mol. The Bertz CT molecular complexity index is 394. The minimum Gasteiger partial charge on any atom is -0.309 e. The Morgan fingerprint density at radius 1 is 1.47 bits per heavy atom. The van der Waals surface area contributed by atoms with Crippen LogP contribution < -0.4 is 10.6 Å². The first kappa shape index (κ1) is 12.0. The van der Waals surface area contributed by atoms with E-state index < -0.39 is 5.54 Å². The number of anilines is 1. The third kappa shape index (κ3) is 2.82. The van der Waals surface area contributed by atoms with E-state index in [-0.39, 0.29) is 5.91 Å². The van der Waals surface area contributed by atoms with E-state index >= 15 is 0 Å². The second-order valence-electron chi connectivity index (χ2n) is 4.89. The lowest BCUT2D eigenvalue weighted by molar-refractivity contribution is -0.122. The number of piperidine rings is 1. The third-order valence-corrected chi connectivity index (χ3v) is 3.27. The number of carbonyl (C=O) groups is 1. The maximum atomic E-state index is 12.2.